The maximum atomic E-state index is 12.5. The van der Waals surface area contributed by atoms with E-state index in [2.05, 4.69) is 31.0 Å². The van der Waals surface area contributed by atoms with Gasteiger partial charge in [-0.15, -0.1) is 0 Å². The Balaban J connectivity index is 0.00000190. The lowest BCUT2D eigenvalue weighted by molar-refractivity contribution is 0.00888. The van der Waals surface area contributed by atoms with Gasteiger partial charge in [-0.05, 0) is 83.9 Å². The Morgan fingerprint density at radius 2 is 1.93 bits per heavy atom. The molecule has 1 saturated heterocycles. The summed E-state index contributed by atoms with van der Waals surface area (Å²) in [5, 5.41) is 3.69. The SMILES string of the molecule is C=CC1=C(/C=C\C)CC(NCCC2CCCCN2C(=O)OC(C)(C)C)C1.CC. The van der Waals surface area contributed by atoms with E-state index in [1.54, 1.807) is 0 Å². The van der Waals surface area contributed by atoms with Crippen molar-refractivity contribution in [3.8, 4) is 0 Å². The van der Waals surface area contributed by atoms with Gasteiger partial charge in [0.05, 0.1) is 0 Å². The topological polar surface area (TPSA) is 41.6 Å². The van der Waals surface area contributed by atoms with Crippen LogP contribution in [0.1, 0.15) is 80.1 Å². The number of nitrogens with one attached hydrogen (secondary N) is 1. The van der Waals surface area contributed by atoms with Crippen molar-refractivity contribution in [2.75, 3.05) is 13.1 Å². The molecule has 160 valence electrons. The van der Waals surface area contributed by atoms with E-state index in [4.69, 9.17) is 4.74 Å². The first-order valence-electron chi connectivity index (χ1n) is 11.0. The zero-order chi connectivity index (χ0) is 21.2. The number of piperidine rings is 1. The van der Waals surface area contributed by atoms with E-state index >= 15 is 0 Å². The van der Waals surface area contributed by atoms with Gasteiger partial charge in [-0.2, -0.15) is 0 Å². The first-order chi connectivity index (χ1) is 13.3. The van der Waals surface area contributed by atoms with Crippen molar-refractivity contribution >= 4 is 6.09 Å². The summed E-state index contributed by atoms with van der Waals surface area (Å²) in [4.78, 5) is 14.4. The number of hydrogen-bond donors (Lipinski definition) is 1. The van der Waals surface area contributed by atoms with Crippen molar-refractivity contribution in [1.29, 1.82) is 0 Å². The molecular weight excluding hydrogens is 348 g/mol. The molecule has 4 heteroatoms. The van der Waals surface area contributed by atoms with Crippen LogP contribution in [0.15, 0.2) is 36.0 Å². The van der Waals surface area contributed by atoms with Crippen molar-refractivity contribution in [2.24, 2.45) is 0 Å². The van der Waals surface area contributed by atoms with Gasteiger partial charge in [0, 0.05) is 18.6 Å². The second-order valence-electron chi connectivity index (χ2n) is 8.43. The molecule has 1 aliphatic heterocycles. The number of likely N-dealkylation sites (tertiary alicyclic amines) is 1. The molecule has 0 aromatic heterocycles. The summed E-state index contributed by atoms with van der Waals surface area (Å²) in [6, 6.07) is 0.766. The average molecular weight is 391 g/mol. The summed E-state index contributed by atoms with van der Waals surface area (Å²) < 4.78 is 5.60. The fraction of sp³-hybridized carbons (Fsp3) is 0.708. The molecule has 4 nitrogen and oxygen atoms in total. The lowest BCUT2D eigenvalue weighted by Crippen LogP contribution is -2.47. The van der Waals surface area contributed by atoms with Crippen molar-refractivity contribution in [3.05, 3.63) is 36.0 Å². The van der Waals surface area contributed by atoms with Gasteiger partial charge in [-0.1, -0.05) is 38.7 Å². The minimum atomic E-state index is -0.433. The summed E-state index contributed by atoms with van der Waals surface area (Å²) >= 11 is 0. The number of carbonyl (C=O) groups is 1. The number of nitrogens with zero attached hydrogens (tertiary/aromatic N) is 1. The van der Waals surface area contributed by atoms with Crippen LogP contribution in [-0.4, -0.2) is 41.8 Å². The number of ether oxygens (including phenoxy) is 1. The van der Waals surface area contributed by atoms with E-state index < -0.39 is 5.60 Å². The maximum absolute atomic E-state index is 12.5. The van der Waals surface area contributed by atoms with Gasteiger partial charge in [0.25, 0.3) is 0 Å². The minimum absolute atomic E-state index is 0.158. The molecule has 2 rings (SSSR count). The quantitative estimate of drug-likeness (QED) is 0.604. The minimum Gasteiger partial charge on any atom is -0.444 e. The number of carbonyl (C=O) groups excluding carboxylic acids is 1. The average Bonchev–Trinajstić information content (AvgIpc) is 3.04. The molecule has 1 amide bonds. The highest BCUT2D eigenvalue weighted by Gasteiger charge is 2.30. The molecule has 0 bridgehead atoms. The second-order valence-corrected chi connectivity index (χ2v) is 8.43. The van der Waals surface area contributed by atoms with Crippen LogP contribution in [0.3, 0.4) is 0 Å². The van der Waals surface area contributed by atoms with Gasteiger partial charge in [0.15, 0.2) is 0 Å². The first kappa shape index (κ1) is 24.5. The van der Waals surface area contributed by atoms with E-state index in [1.165, 1.54) is 17.6 Å². The summed E-state index contributed by atoms with van der Waals surface area (Å²) in [5.41, 5.74) is 2.32. The van der Waals surface area contributed by atoms with Crippen LogP contribution in [0.2, 0.25) is 0 Å². The molecule has 0 spiro atoms. The van der Waals surface area contributed by atoms with Crippen molar-refractivity contribution in [3.63, 3.8) is 0 Å². The Labute approximate surface area is 173 Å². The molecule has 0 saturated carbocycles. The zero-order valence-corrected chi connectivity index (χ0v) is 19.0. The Bertz CT molecular complexity index is 557. The normalized spacial score (nSPS) is 22.9. The third-order valence-corrected chi connectivity index (χ3v) is 5.13. The number of allylic oxidation sites excluding steroid dienone is 3. The molecule has 1 aliphatic carbocycles. The predicted octanol–water partition coefficient (Wildman–Crippen LogP) is 6.00. The van der Waals surface area contributed by atoms with Crippen LogP contribution in [0.25, 0.3) is 0 Å². The second kappa shape index (κ2) is 12.1. The van der Waals surface area contributed by atoms with Gasteiger partial charge in [0.1, 0.15) is 5.60 Å². The largest absolute Gasteiger partial charge is 0.444 e. The molecule has 0 radical (unpaired) electrons. The van der Waals surface area contributed by atoms with Crippen molar-refractivity contribution in [2.45, 2.75) is 97.8 Å². The number of hydrogen-bond acceptors (Lipinski definition) is 3. The van der Waals surface area contributed by atoms with Crippen LogP contribution in [0.4, 0.5) is 4.79 Å². The zero-order valence-electron chi connectivity index (χ0n) is 19.0. The molecule has 2 atom stereocenters. The third kappa shape index (κ3) is 7.83. The first-order valence-corrected chi connectivity index (χ1v) is 11.0. The number of amides is 1. The van der Waals surface area contributed by atoms with E-state index in [0.29, 0.717) is 6.04 Å². The molecule has 2 aliphatic rings. The van der Waals surface area contributed by atoms with Gasteiger partial charge < -0.3 is 15.0 Å². The fourth-order valence-corrected chi connectivity index (χ4v) is 3.92. The highest BCUT2D eigenvalue weighted by atomic mass is 16.6. The van der Waals surface area contributed by atoms with Gasteiger partial charge >= 0.3 is 6.09 Å². The highest BCUT2D eigenvalue weighted by molar-refractivity contribution is 5.68. The van der Waals surface area contributed by atoms with Gasteiger partial charge in [-0.3, -0.25) is 0 Å². The van der Waals surface area contributed by atoms with E-state index in [1.807, 2.05) is 45.6 Å². The molecular formula is C24H42N2O2. The van der Waals surface area contributed by atoms with Gasteiger partial charge in [-0.25, -0.2) is 4.79 Å². The van der Waals surface area contributed by atoms with Crippen molar-refractivity contribution < 1.29 is 9.53 Å². The van der Waals surface area contributed by atoms with Crippen molar-refractivity contribution in [1.82, 2.24) is 10.2 Å². The summed E-state index contributed by atoms with van der Waals surface area (Å²) in [6.45, 7) is 17.5. The Morgan fingerprint density at radius 3 is 2.54 bits per heavy atom. The molecule has 0 aromatic carbocycles. The van der Waals surface area contributed by atoms with Gasteiger partial charge in [0.2, 0.25) is 0 Å². The van der Waals surface area contributed by atoms with Crippen LogP contribution in [0.5, 0.6) is 0 Å². The third-order valence-electron chi connectivity index (χ3n) is 5.13. The molecule has 2 unspecified atom stereocenters. The van der Waals surface area contributed by atoms with Crippen LogP contribution < -0.4 is 5.32 Å². The molecule has 1 fully saturated rings. The summed E-state index contributed by atoms with van der Waals surface area (Å²) in [6.07, 6.45) is 12.6. The molecule has 0 aromatic rings. The molecule has 1 N–H and O–H groups in total. The van der Waals surface area contributed by atoms with Crippen LogP contribution in [-0.2, 0) is 4.74 Å². The van der Waals surface area contributed by atoms with E-state index in [9.17, 15) is 4.79 Å². The lowest BCUT2D eigenvalue weighted by Gasteiger charge is -2.37. The summed E-state index contributed by atoms with van der Waals surface area (Å²) in [7, 11) is 0. The fourth-order valence-electron chi connectivity index (χ4n) is 3.92. The summed E-state index contributed by atoms with van der Waals surface area (Å²) in [5.74, 6) is 0. The highest BCUT2D eigenvalue weighted by Crippen LogP contribution is 2.28. The van der Waals surface area contributed by atoms with E-state index in [0.717, 1.165) is 45.2 Å². The molecule has 28 heavy (non-hydrogen) atoms. The predicted molar refractivity (Wildman–Crippen MR) is 120 cm³/mol. The Morgan fingerprint density at radius 1 is 1.25 bits per heavy atom. The van der Waals surface area contributed by atoms with E-state index in [-0.39, 0.29) is 12.1 Å². The lowest BCUT2D eigenvalue weighted by atomic mass is 9.99. The van der Waals surface area contributed by atoms with Crippen LogP contribution in [0, 0.1) is 0 Å². The Hall–Kier alpha value is -1.55. The van der Waals surface area contributed by atoms with Crippen LogP contribution >= 0.6 is 0 Å². The molecule has 1 heterocycles. The monoisotopic (exact) mass is 390 g/mol. The number of rotatable bonds is 6. The maximum Gasteiger partial charge on any atom is 0.410 e. The standard InChI is InChI=1S/C22H36N2O2.C2H6/c1-6-10-18-16-19(15-17(18)7-2)23-13-12-20-11-8-9-14-24(20)21(25)26-22(3,4)5;1-2/h6-7,10,19-20,23H,2,8-9,11-16H2,1,3-5H3;1-2H3/b10-6-;. The Kier molecular flexibility index (Phi) is 10.6. The smallest absolute Gasteiger partial charge is 0.410 e.